The Morgan fingerprint density at radius 2 is 1.49 bits per heavy atom. The van der Waals surface area contributed by atoms with E-state index in [0.717, 1.165) is 44.1 Å². The minimum Gasteiger partial charge on any atom is -0.302 e. The summed E-state index contributed by atoms with van der Waals surface area (Å²) in [5.74, 6) is -0.683. The normalized spacial score (nSPS) is 12.8. The minimum atomic E-state index is -0.958. The average Bonchev–Trinajstić information content (AvgIpc) is 3.46. The number of Topliss-reactive ketones (excluding diaryl/α,β-unsaturated/α-hetero) is 2. The quantitative estimate of drug-likeness (QED) is 0.140. The number of allylic oxidation sites excluding steroid dienone is 1. The summed E-state index contributed by atoms with van der Waals surface area (Å²) in [6.45, 7) is 6.42. The van der Waals surface area contributed by atoms with Crippen LogP contribution in [0, 0.1) is 12.7 Å². The molecule has 1 aliphatic carbocycles. The second-order valence-corrected chi connectivity index (χ2v) is 13.3. The summed E-state index contributed by atoms with van der Waals surface area (Å²) in [7, 11) is -0.958. The Kier molecular flexibility index (Phi) is 7.04. The zero-order valence-corrected chi connectivity index (χ0v) is 22.9. The number of aryl methyl sites for hydroxylation is 1. The predicted octanol–water partition coefficient (Wildman–Crippen LogP) is 7.87. The van der Waals surface area contributed by atoms with Crippen molar-refractivity contribution in [2.45, 2.75) is 32.9 Å². The van der Waals surface area contributed by atoms with Gasteiger partial charge in [-0.15, -0.1) is 11.3 Å². The van der Waals surface area contributed by atoms with E-state index in [0.29, 0.717) is 11.1 Å². The Morgan fingerprint density at radius 3 is 2.14 bits per heavy atom. The van der Waals surface area contributed by atoms with Gasteiger partial charge in [-0.25, -0.2) is 4.39 Å². The molecule has 1 aromatic heterocycles. The fraction of sp³-hybridized carbons (Fsp3) is 0.161. The van der Waals surface area contributed by atoms with Crippen LogP contribution in [0.25, 0.3) is 6.08 Å². The van der Waals surface area contributed by atoms with Crippen molar-refractivity contribution in [3.63, 3.8) is 0 Å². The molecule has 0 aliphatic heterocycles. The first-order valence-electron chi connectivity index (χ1n) is 12.4. The van der Waals surface area contributed by atoms with Gasteiger partial charge in [-0.2, -0.15) is 0 Å². The number of para-hydroxylation sites is 1. The molecule has 4 aromatic rings. The van der Waals surface area contributed by atoms with Crippen molar-refractivity contribution in [2.24, 2.45) is 0 Å². The van der Waals surface area contributed by atoms with Gasteiger partial charge in [0.15, 0.2) is 11.6 Å². The highest BCUT2D eigenvalue weighted by molar-refractivity contribution is 7.17. The summed E-state index contributed by atoms with van der Waals surface area (Å²) in [6.07, 6.45) is 1.70. The lowest BCUT2D eigenvalue weighted by molar-refractivity contribution is 0.0990. The second-order valence-electron chi connectivity index (χ2n) is 9.03. The number of benzene rings is 3. The molecule has 3 nitrogen and oxygen atoms in total. The van der Waals surface area contributed by atoms with Gasteiger partial charge in [0.25, 0.3) is 0 Å². The third-order valence-electron chi connectivity index (χ3n) is 6.82. The molecule has 0 atom stereocenters. The Balaban J connectivity index is 1.62. The van der Waals surface area contributed by atoms with E-state index in [4.69, 9.17) is 0 Å². The summed E-state index contributed by atoms with van der Waals surface area (Å²) in [6, 6.07) is 26.2. The second kappa shape index (κ2) is 10.4. The van der Waals surface area contributed by atoms with Crippen molar-refractivity contribution < 1.29 is 14.0 Å². The maximum absolute atomic E-state index is 14.5. The van der Waals surface area contributed by atoms with Gasteiger partial charge in [0.1, 0.15) is 10.8 Å². The van der Waals surface area contributed by atoms with Crippen LogP contribution in [0.3, 0.4) is 0 Å². The van der Waals surface area contributed by atoms with Crippen LogP contribution in [0.1, 0.15) is 45.0 Å². The third-order valence-corrected chi connectivity index (χ3v) is 10.7. The van der Waals surface area contributed by atoms with Crippen molar-refractivity contribution in [2.75, 3.05) is 4.90 Å². The number of hydrogen-bond donors (Lipinski definition) is 0. The largest absolute Gasteiger partial charge is 0.302 e. The van der Waals surface area contributed by atoms with Crippen molar-refractivity contribution in [3.8, 4) is 0 Å². The van der Waals surface area contributed by atoms with E-state index in [-0.39, 0.29) is 23.0 Å². The topological polar surface area (TPSA) is 37.4 Å². The number of carbonyl (C=O) groups excluding carboxylic acids is 2. The van der Waals surface area contributed by atoms with Gasteiger partial charge in [-0.05, 0) is 60.1 Å². The highest BCUT2D eigenvalue weighted by Gasteiger charge is 2.32. The number of carbonyl (C=O) groups is 2. The van der Waals surface area contributed by atoms with Gasteiger partial charge in [0.2, 0.25) is 0 Å². The molecule has 1 radical (unpaired) electrons. The maximum atomic E-state index is 14.5. The average molecular weight is 525 g/mol. The van der Waals surface area contributed by atoms with E-state index in [1.54, 1.807) is 36.4 Å². The molecule has 0 bridgehead atoms. The molecule has 0 saturated heterocycles. The summed E-state index contributed by atoms with van der Waals surface area (Å²) in [4.78, 5) is 28.9. The molecule has 37 heavy (non-hydrogen) atoms. The molecule has 5 rings (SSSR count). The summed E-state index contributed by atoms with van der Waals surface area (Å²) < 4.78 is 14.5. The van der Waals surface area contributed by atoms with Gasteiger partial charge in [-0.3, -0.25) is 9.59 Å². The zero-order chi connectivity index (χ0) is 26.1. The van der Waals surface area contributed by atoms with Crippen LogP contribution in [0.2, 0.25) is 12.1 Å². The molecule has 0 saturated carbocycles. The predicted molar refractivity (Wildman–Crippen MR) is 153 cm³/mol. The molecule has 6 heteroatoms. The molecule has 0 fully saturated rings. The van der Waals surface area contributed by atoms with Crippen LogP contribution in [-0.4, -0.2) is 20.4 Å². The van der Waals surface area contributed by atoms with Crippen LogP contribution < -0.4 is 10.1 Å². The number of ketones is 2. The number of halogens is 1. The van der Waals surface area contributed by atoms with Crippen molar-refractivity contribution in [3.05, 3.63) is 112 Å². The smallest absolute Gasteiger partial charge is 0.197 e. The monoisotopic (exact) mass is 524 g/mol. The number of thiophene rings is 1. The first kappa shape index (κ1) is 25.1. The Labute approximate surface area is 222 Å². The summed E-state index contributed by atoms with van der Waals surface area (Å²) >= 11 is 1.51. The SMILES string of the molecule is CC[Si](CC)c1cc(F)ccc1N(c1ccc(C=C2C(=O)c3ccccc3C2=O)s1)c1ccccc1C. The van der Waals surface area contributed by atoms with Crippen molar-refractivity contribution in [1.82, 2.24) is 0 Å². The van der Waals surface area contributed by atoms with E-state index < -0.39 is 8.80 Å². The number of anilines is 3. The van der Waals surface area contributed by atoms with Gasteiger partial charge in [-0.1, -0.05) is 68.4 Å². The molecule has 185 valence electrons. The first-order chi connectivity index (χ1) is 17.9. The Bertz CT molecular complexity index is 1500. The third kappa shape index (κ3) is 4.63. The van der Waals surface area contributed by atoms with E-state index in [1.807, 2.05) is 30.3 Å². The lowest BCUT2D eigenvalue weighted by atomic mass is 10.1. The van der Waals surface area contributed by atoms with Gasteiger partial charge in [0, 0.05) is 27.4 Å². The molecule has 1 heterocycles. The van der Waals surface area contributed by atoms with Crippen LogP contribution in [-0.2, 0) is 0 Å². The van der Waals surface area contributed by atoms with E-state index in [2.05, 4.69) is 37.8 Å². The zero-order valence-electron chi connectivity index (χ0n) is 21.0. The standard InChI is InChI=1S/C31H27FNO2SSi/c1-4-37(5-2)28-18-21(32)14-16-27(28)33(26-13-9-6-10-20(26)3)29-17-15-22(36-29)19-25-30(34)23-11-7-8-12-24(23)31(25)35/h6-19H,4-5H2,1-3H3. The minimum absolute atomic E-state index is 0.196. The number of fused-ring (bicyclic) bond motifs is 1. The van der Waals surface area contributed by atoms with Crippen LogP contribution in [0.15, 0.2) is 84.4 Å². The number of hydrogen-bond acceptors (Lipinski definition) is 4. The summed E-state index contributed by atoms with van der Waals surface area (Å²) in [5, 5.41) is 2.01. The lowest BCUT2D eigenvalue weighted by Gasteiger charge is -2.29. The fourth-order valence-corrected chi connectivity index (χ4v) is 8.02. The van der Waals surface area contributed by atoms with Gasteiger partial charge >= 0.3 is 0 Å². The molecular formula is C31H27FNO2SSi. The molecule has 3 aromatic carbocycles. The molecule has 0 unspecified atom stereocenters. The molecule has 1 aliphatic rings. The van der Waals surface area contributed by atoms with Crippen LogP contribution >= 0.6 is 11.3 Å². The number of nitrogens with zero attached hydrogens (tertiary/aromatic N) is 1. The van der Waals surface area contributed by atoms with Crippen LogP contribution in [0.5, 0.6) is 0 Å². The van der Waals surface area contributed by atoms with Gasteiger partial charge < -0.3 is 4.90 Å². The Morgan fingerprint density at radius 1 is 0.838 bits per heavy atom. The molecule has 0 amide bonds. The van der Waals surface area contributed by atoms with E-state index in [1.165, 1.54) is 17.4 Å². The highest BCUT2D eigenvalue weighted by atomic mass is 32.1. The highest BCUT2D eigenvalue weighted by Crippen LogP contribution is 2.41. The van der Waals surface area contributed by atoms with E-state index >= 15 is 0 Å². The first-order valence-corrected chi connectivity index (χ1v) is 15.2. The molecule has 0 spiro atoms. The molecule has 0 N–H and O–H groups in total. The maximum Gasteiger partial charge on any atom is 0.197 e. The van der Waals surface area contributed by atoms with Gasteiger partial charge in [0.05, 0.1) is 14.4 Å². The summed E-state index contributed by atoms with van der Waals surface area (Å²) in [5.41, 5.74) is 4.22. The van der Waals surface area contributed by atoms with E-state index in [9.17, 15) is 14.0 Å². The fourth-order valence-electron chi connectivity index (χ4n) is 4.88. The van der Waals surface area contributed by atoms with Crippen molar-refractivity contribution in [1.29, 1.82) is 0 Å². The van der Waals surface area contributed by atoms with Crippen LogP contribution in [0.4, 0.5) is 20.8 Å². The lowest BCUT2D eigenvalue weighted by Crippen LogP contribution is -2.33. The molecular weight excluding hydrogens is 497 g/mol. The van der Waals surface area contributed by atoms with Crippen molar-refractivity contribution >= 4 is 59.3 Å². The Hall–Kier alpha value is -3.61. The number of rotatable bonds is 7.